The lowest BCUT2D eigenvalue weighted by Gasteiger charge is -2.48. The first kappa shape index (κ1) is 10.7. The number of fused-ring (bicyclic) bond motifs is 4. The zero-order chi connectivity index (χ0) is 13.3. The normalized spacial score (nSPS) is 24.6. The van der Waals surface area contributed by atoms with Crippen molar-refractivity contribution in [2.75, 3.05) is 11.4 Å². The zero-order valence-corrected chi connectivity index (χ0v) is 11.6. The van der Waals surface area contributed by atoms with E-state index in [9.17, 15) is 0 Å². The lowest BCUT2D eigenvalue weighted by Crippen LogP contribution is -2.43. The Morgan fingerprint density at radius 2 is 2.05 bits per heavy atom. The zero-order valence-electron chi connectivity index (χ0n) is 11.6. The highest BCUT2D eigenvalue weighted by Crippen LogP contribution is 2.50. The molecule has 0 saturated carbocycles. The van der Waals surface area contributed by atoms with E-state index in [1.807, 2.05) is 0 Å². The fourth-order valence-electron chi connectivity index (χ4n) is 4.27. The lowest BCUT2D eigenvalue weighted by atomic mass is 9.69. The van der Waals surface area contributed by atoms with Crippen molar-refractivity contribution in [3.05, 3.63) is 70.3 Å². The van der Waals surface area contributed by atoms with Gasteiger partial charge in [0.2, 0.25) is 0 Å². The molecule has 2 atom stereocenters. The molecule has 20 heavy (non-hydrogen) atoms. The van der Waals surface area contributed by atoms with Gasteiger partial charge in [-0.15, -0.1) is 0 Å². The molecule has 2 heterocycles. The summed E-state index contributed by atoms with van der Waals surface area (Å²) in [7, 11) is 0. The smallest absolute Gasteiger partial charge is 0.0733 e. The molecule has 0 aromatic heterocycles. The van der Waals surface area contributed by atoms with E-state index in [1.54, 1.807) is 16.7 Å². The van der Waals surface area contributed by atoms with Crippen molar-refractivity contribution in [1.82, 2.24) is 0 Å². The molecule has 1 aliphatic carbocycles. The van der Waals surface area contributed by atoms with E-state index in [-0.39, 0.29) is 0 Å². The van der Waals surface area contributed by atoms with Crippen molar-refractivity contribution in [2.45, 2.75) is 25.3 Å². The molecule has 1 nitrogen and oxygen atoms in total. The Bertz CT molecular complexity index is 756. The van der Waals surface area contributed by atoms with E-state index < -0.39 is 0 Å². The molecule has 0 N–H and O–H groups in total. The van der Waals surface area contributed by atoms with Crippen LogP contribution in [0.2, 0.25) is 0 Å². The molecule has 0 saturated heterocycles. The summed E-state index contributed by atoms with van der Waals surface area (Å²) in [5.41, 5.74) is 8.97. The standard InChI is InChI=1S/C19H17N/c1-12-8-14-10-15-11-20-17-5-3-2-4-13(17)6-7-18(20)16(9-12)19(14)15/h2-9,15,18H,10-11H2,1H3. The minimum Gasteiger partial charge on any atom is -0.360 e. The van der Waals surface area contributed by atoms with Gasteiger partial charge in [0.1, 0.15) is 0 Å². The average molecular weight is 259 g/mol. The second-order valence-electron chi connectivity index (χ2n) is 6.34. The van der Waals surface area contributed by atoms with Crippen LogP contribution in [0.4, 0.5) is 5.69 Å². The summed E-state index contributed by atoms with van der Waals surface area (Å²) < 4.78 is 0. The maximum absolute atomic E-state index is 2.60. The van der Waals surface area contributed by atoms with Crippen LogP contribution < -0.4 is 4.90 Å². The van der Waals surface area contributed by atoms with Gasteiger partial charge in [0.05, 0.1) is 6.04 Å². The SMILES string of the molecule is Cc1cc2c3c(c1)C1C=Cc4ccccc4N1CC3C2. The molecule has 5 rings (SSSR count). The number of hydrogen-bond acceptors (Lipinski definition) is 1. The van der Waals surface area contributed by atoms with Crippen LogP contribution in [0.25, 0.3) is 6.08 Å². The van der Waals surface area contributed by atoms with Crippen LogP contribution in [0, 0.1) is 6.92 Å². The van der Waals surface area contributed by atoms with Gasteiger partial charge >= 0.3 is 0 Å². The Kier molecular flexibility index (Phi) is 1.90. The third-order valence-electron chi connectivity index (χ3n) is 5.09. The Morgan fingerprint density at radius 3 is 3.00 bits per heavy atom. The number of anilines is 1. The number of aryl methyl sites for hydroxylation is 1. The molecule has 2 aromatic carbocycles. The molecule has 0 radical (unpaired) electrons. The van der Waals surface area contributed by atoms with Crippen molar-refractivity contribution in [2.24, 2.45) is 0 Å². The van der Waals surface area contributed by atoms with Crippen LogP contribution >= 0.6 is 0 Å². The molecule has 2 unspecified atom stereocenters. The van der Waals surface area contributed by atoms with Crippen molar-refractivity contribution in [1.29, 1.82) is 0 Å². The second-order valence-corrected chi connectivity index (χ2v) is 6.34. The molecule has 1 heteroatoms. The first-order valence-corrected chi connectivity index (χ1v) is 7.48. The number of nitrogens with zero attached hydrogens (tertiary/aromatic N) is 1. The summed E-state index contributed by atoms with van der Waals surface area (Å²) in [6.07, 6.45) is 5.94. The van der Waals surface area contributed by atoms with Crippen molar-refractivity contribution in [3.8, 4) is 0 Å². The summed E-state index contributed by atoms with van der Waals surface area (Å²) in [4.78, 5) is 2.60. The van der Waals surface area contributed by atoms with Crippen LogP contribution in [0.5, 0.6) is 0 Å². The van der Waals surface area contributed by atoms with Crippen LogP contribution in [-0.2, 0) is 6.42 Å². The molecule has 2 aliphatic heterocycles. The maximum atomic E-state index is 2.60. The predicted molar refractivity (Wildman–Crippen MR) is 83.2 cm³/mol. The lowest BCUT2D eigenvalue weighted by molar-refractivity contribution is 0.513. The van der Waals surface area contributed by atoms with Gasteiger partial charge in [0, 0.05) is 18.2 Å². The summed E-state index contributed by atoms with van der Waals surface area (Å²) in [6.45, 7) is 3.40. The highest BCUT2D eigenvalue weighted by atomic mass is 15.2. The van der Waals surface area contributed by atoms with E-state index >= 15 is 0 Å². The third-order valence-corrected chi connectivity index (χ3v) is 5.09. The van der Waals surface area contributed by atoms with E-state index in [2.05, 4.69) is 60.4 Å². The molecule has 0 spiro atoms. The Balaban J connectivity index is 1.73. The van der Waals surface area contributed by atoms with E-state index in [1.165, 1.54) is 29.8 Å². The first-order chi connectivity index (χ1) is 9.81. The topological polar surface area (TPSA) is 3.24 Å². The van der Waals surface area contributed by atoms with Gasteiger partial charge in [-0.25, -0.2) is 0 Å². The van der Waals surface area contributed by atoms with Gasteiger partial charge in [-0.3, -0.25) is 0 Å². The van der Waals surface area contributed by atoms with E-state index in [0.717, 1.165) is 5.92 Å². The van der Waals surface area contributed by atoms with Crippen LogP contribution in [0.3, 0.4) is 0 Å². The molecule has 2 aromatic rings. The summed E-state index contributed by atoms with van der Waals surface area (Å²) >= 11 is 0. The van der Waals surface area contributed by atoms with Gasteiger partial charge in [0.25, 0.3) is 0 Å². The quantitative estimate of drug-likeness (QED) is 0.684. The molecular formula is C19H17N. The summed E-state index contributed by atoms with van der Waals surface area (Å²) in [6, 6.07) is 14.0. The average Bonchev–Trinajstić information content (AvgIpc) is 2.44. The number of benzene rings is 2. The van der Waals surface area contributed by atoms with Crippen molar-refractivity contribution < 1.29 is 0 Å². The van der Waals surface area contributed by atoms with E-state index in [4.69, 9.17) is 0 Å². The molecule has 0 amide bonds. The molecule has 3 aliphatic rings. The number of rotatable bonds is 0. The van der Waals surface area contributed by atoms with Crippen LogP contribution in [-0.4, -0.2) is 6.54 Å². The highest BCUT2D eigenvalue weighted by molar-refractivity contribution is 5.75. The monoisotopic (exact) mass is 259 g/mol. The van der Waals surface area contributed by atoms with Crippen LogP contribution in [0.1, 0.15) is 39.8 Å². The van der Waals surface area contributed by atoms with Gasteiger partial charge in [-0.05, 0) is 41.7 Å². The van der Waals surface area contributed by atoms with Crippen molar-refractivity contribution >= 4 is 11.8 Å². The molecule has 98 valence electrons. The molecule has 0 bridgehead atoms. The largest absolute Gasteiger partial charge is 0.360 e. The van der Waals surface area contributed by atoms with Gasteiger partial charge < -0.3 is 4.90 Å². The fraction of sp³-hybridized carbons (Fsp3) is 0.263. The predicted octanol–water partition coefficient (Wildman–Crippen LogP) is 4.22. The minimum atomic E-state index is 0.440. The molecule has 0 fully saturated rings. The van der Waals surface area contributed by atoms with Gasteiger partial charge in [-0.2, -0.15) is 0 Å². The second kappa shape index (κ2) is 3.54. The van der Waals surface area contributed by atoms with Crippen LogP contribution in [0.15, 0.2) is 42.5 Å². The third kappa shape index (κ3) is 1.23. The van der Waals surface area contributed by atoms with E-state index in [0.29, 0.717) is 6.04 Å². The summed E-state index contributed by atoms with van der Waals surface area (Å²) in [5, 5.41) is 0. The van der Waals surface area contributed by atoms with Crippen molar-refractivity contribution in [3.63, 3.8) is 0 Å². The number of hydrogen-bond donors (Lipinski definition) is 0. The Labute approximate surface area is 119 Å². The Hall–Kier alpha value is -2.02. The molecular weight excluding hydrogens is 242 g/mol. The number of para-hydroxylation sites is 1. The minimum absolute atomic E-state index is 0.440. The maximum Gasteiger partial charge on any atom is 0.0733 e. The highest BCUT2D eigenvalue weighted by Gasteiger charge is 2.40. The Morgan fingerprint density at radius 1 is 1.15 bits per heavy atom. The van der Waals surface area contributed by atoms with Gasteiger partial charge in [-0.1, -0.05) is 48.0 Å². The fourth-order valence-corrected chi connectivity index (χ4v) is 4.27. The summed E-state index contributed by atoms with van der Waals surface area (Å²) in [5.74, 6) is 0.747. The van der Waals surface area contributed by atoms with Gasteiger partial charge in [0.15, 0.2) is 0 Å². The first-order valence-electron chi connectivity index (χ1n) is 7.48.